The number of aliphatic hydroxyl groups is 1. The molecule has 8 nitrogen and oxygen atoms in total. The Bertz CT molecular complexity index is 1160. The summed E-state index contributed by atoms with van der Waals surface area (Å²) in [7, 11) is 3.39. The first-order valence-electron chi connectivity index (χ1n) is 13.4. The Morgan fingerprint density at radius 3 is 2.55 bits per heavy atom. The van der Waals surface area contributed by atoms with Gasteiger partial charge in [-0.1, -0.05) is 30.3 Å². The summed E-state index contributed by atoms with van der Waals surface area (Å²) < 4.78 is 11.7. The predicted octanol–water partition coefficient (Wildman–Crippen LogP) is 4.32. The number of benzene rings is 2. The highest BCUT2D eigenvalue weighted by molar-refractivity contribution is 5.96. The number of carbonyl (C=O) groups excluding carboxylic acids is 2. The Morgan fingerprint density at radius 2 is 1.92 bits per heavy atom. The fourth-order valence-electron chi connectivity index (χ4n) is 5.98. The molecule has 3 N–H and O–H groups in total. The molecule has 2 aliphatic rings. The van der Waals surface area contributed by atoms with Gasteiger partial charge in [-0.05, 0) is 69.7 Å². The minimum atomic E-state index is -0.919. The Morgan fingerprint density at radius 1 is 1.21 bits per heavy atom. The van der Waals surface area contributed by atoms with Gasteiger partial charge < -0.3 is 25.2 Å². The summed E-state index contributed by atoms with van der Waals surface area (Å²) >= 11 is 0. The van der Waals surface area contributed by atoms with Crippen LogP contribution in [0.4, 0.5) is 10.5 Å². The summed E-state index contributed by atoms with van der Waals surface area (Å²) in [5, 5.41) is 10.8. The quantitative estimate of drug-likeness (QED) is 0.584. The number of methoxy groups -OCH3 is 1. The van der Waals surface area contributed by atoms with E-state index in [1.165, 1.54) is 0 Å². The van der Waals surface area contributed by atoms with Crippen LogP contribution in [-0.4, -0.2) is 61.0 Å². The largest absolute Gasteiger partial charge is 0.496 e. The zero-order chi connectivity index (χ0) is 27.7. The number of hydrogen-bond acceptors (Lipinski definition) is 6. The monoisotopic (exact) mass is 523 g/mol. The molecule has 2 aliphatic heterocycles. The highest BCUT2D eigenvalue weighted by atomic mass is 16.6. The number of hydrogen-bond donors (Lipinski definition) is 2. The third kappa shape index (κ3) is 5.24. The summed E-state index contributed by atoms with van der Waals surface area (Å²) in [6.07, 6.45) is 2.52. The van der Waals surface area contributed by atoms with Crippen molar-refractivity contribution >= 4 is 17.7 Å². The molecule has 1 fully saturated rings. The van der Waals surface area contributed by atoms with E-state index in [9.17, 15) is 14.7 Å². The first kappa shape index (κ1) is 27.9. The molecule has 4 rings (SSSR count). The van der Waals surface area contributed by atoms with Crippen molar-refractivity contribution in [2.45, 2.75) is 76.0 Å². The van der Waals surface area contributed by atoms with Crippen molar-refractivity contribution in [1.82, 2.24) is 4.90 Å². The minimum Gasteiger partial charge on any atom is -0.496 e. The SMILES string of the molecule is COc1cc2c(cc1[C@H](CO)C[C@]1(c3ccccc3)[C@H](N)CCCN1C(=O)OC(C)(C)C)N(C)C(=O)CC2. The molecule has 0 saturated carbocycles. The van der Waals surface area contributed by atoms with E-state index in [4.69, 9.17) is 15.2 Å². The summed E-state index contributed by atoms with van der Waals surface area (Å²) in [6, 6.07) is 13.4. The van der Waals surface area contributed by atoms with E-state index in [0.29, 0.717) is 31.6 Å². The lowest BCUT2D eigenvalue weighted by molar-refractivity contribution is -0.118. The first-order chi connectivity index (χ1) is 18.0. The average Bonchev–Trinajstić information content (AvgIpc) is 2.89. The fraction of sp³-hybridized carbons (Fsp3) is 0.533. The zero-order valence-electron chi connectivity index (χ0n) is 23.2. The summed E-state index contributed by atoms with van der Waals surface area (Å²) in [6.45, 7) is 5.87. The highest BCUT2D eigenvalue weighted by Crippen LogP contribution is 2.47. The molecule has 3 atom stereocenters. The van der Waals surface area contributed by atoms with E-state index < -0.39 is 23.2 Å². The number of amides is 2. The Labute approximate surface area is 225 Å². The zero-order valence-corrected chi connectivity index (χ0v) is 23.2. The van der Waals surface area contributed by atoms with Gasteiger partial charge >= 0.3 is 6.09 Å². The number of likely N-dealkylation sites (tertiary alicyclic amines) is 1. The summed E-state index contributed by atoms with van der Waals surface area (Å²) in [5.41, 5.74) is 8.88. The second-order valence-electron chi connectivity index (χ2n) is 11.4. The van der Waals surface area contributed by atoms with Crippen LogP contribution in [0.5, 0.6) is 5.75 Å². The normalized spacial score (nSPS) is 22.6. The second-order valence-corrected chi connectivity index (χ2v) is 11.4. The lowest BCUT2D eigenvalue weighted by atomic mass is 9.70. The molecule has 1 saturated heterocycles. The van der Waals surface area contributed by atoms with Crippen molar-refractivity contribution in [1.29, 1.82) is 0 Å². The minimum absolute atomic E-state index is 0.0559. The number of aliphatic hydroxyl groups excluding tert-OH is 1. The van der Waals surface area contributed by atoms with Crippen LogP contribution in [0.3, 0.4) is 0 Å². The van der Waals surface area contributed by atoms with Gasteiger partial charge in [-0.25, -0.2) is 4.79 Å². The van der Waals surface area contributed by atoms with Crippen LogP contribution in [0, 0.1) is 0 Å². The maximum Gasteiger partial charge on any atom is 0.411 e. The molecule has 0 aromatic heterocycles. The summed E-state index contributed by atoms with van der Waals surface area (Å²) in [4.78, 5) is 29.6. The standard InChI is InChI=1S/C30H41N3O5/c1-29(2,3)38-28(36)33-15-9-12-26(31)30(33,22-10-7-6-8-11-22)18-21(19-34)23-17-24-20(16-25(23)37-5)13-14-27(35)32(24)4/h6-8,10-11,16-17,21,26,34H,9,12-15,18-19,31H2,1-5H3/t21-,26+,30-/m0/s1. The van der Waals surface area contributed by atoms with Gasteiger partial charge in [0.15, 0.2) is 0 Å². The number of aryl methyl sites for hydroxylation is 1. The Kier molecular flexibility index (Phi) is 8.04. The van der Waals surface area contributed by atoms with Gasteiger partial charge in [-0.2, -0.15) is 0 Å². The van der Waals surface area contributed by atoms with Crippen LogP contribution in [0.2, 0.25) is 0 Å². The number of anilines is 1. The third-order valence-corrected chi connectivity index (χ3v) is 7.87. The van der Waals surface area contributed by atoms with Crippen LogP contribution in [-0.2, 0) is 21.5 Å². The van der Waals surface area contributed by atoms with Crippen molar-refractivity contribution in [3.63, 3.8) is 0 Å². The smallest absolute Gasteiger partial charge is 0.411 e. The number of piperidine rings is 1. The van der Waals surface area contributed by atoms with Gasteiger partial charge in [-0.3, -0.25) is 9.69 Å². The Balaban J connectivity index is 1.85. The van der Waals surface area contributed by atoms with Gasteiger partial charge in [0.25, 0.3) is 0 Å². The van der Waals surface area contributed by atoms with Crippen LogP contribution in [0.15, 0.2) is 42.5 Å². The molecule has 0 radical (unpaired) electrons. The maximum atomic E-state index is 13.7. The molecule has 2 aromatic carbocycles. The van der Waals surface area contributed by atoms with Crippen LogP contribution in [0.25, 0.3) is 0 Å². The fourth-order valence-corrected chi connectivity index (χ4v) is 5.98. The van der Waals surface area contributed by atoms with Gasteiger partial charge in [0.1, 0.15) is 11.4 Å². The Hall–Kier alpha value is -3.10. The number of carbonyl (C=O) groups is 2. The molecule has 2 heterocycles. The number of rotatable bonds is 6. The predicted molar refractivity (Wildman–Crippen MR) is 147 cm³/mol. The molecule has 8 heteroatoms. The highest BCUT2D eigenvalue weighted by Gasteiger charge is 2.51. The molecule has 0 bridgehead atoms. The molecule has 38 heavy (non-hydrogen) atoms. The topological polar surface area (TPSA) is 105 Å². The molecular weight excluding hydrogens is 482 g/mol. The van der Waals surface area contributed by atoms with E-state index in [2.05, 4.69) is 0 Å². The van der Waals surface area contributed by atoms with Gasteiger partial charge in [0.2, 0.25) is 5.91 Å². The molecule has 0 aliphatic carbocycles. The maximum absolute atomic E-state index is 13.7. The molecule has 0 spiro atoms. The number of ether oxygens (including phenoxy) is 2. The van der Waals surface area contributed by atoms with Crippen molar-refractivity contribution < 1.29 is 24.2 Å². The van der Waals surface area contributed by atoms with E-state index in [-0.39, 0.29) is 18.6 Å². The van der Waals surface area contributed by atoms with Crippen molar-refractivity contribution in [3.8, 4) is 5.75 Å². The van der Waals surface area contributed by atoms with Crippen molar-refractivity contribution in [2.24, 2.45) is 5.73 Å². The first-order valence-corrected chi connectivity index (χ1v) is 13.4. The molecule has 2 aromatic rings. The average molecular weight is 524 g/mol. The van der Waals surface area contributed by atoms with Crippen molar-refractivity contribution in [3.05, 3.63) is 59.2 Å². The number of nitrogens with zero attached hydrogens (tertiary/aromatic N) is 2. The molecule has 0 unspecified atom stereocenters. The van der Waals surface area contributed by atoms with E-state index >= 15 is 0 Å². The van der Waals surface area contributed by atoms with E-state index in [1.807, 2.05) is 63.2 Å². The van der Waals surface area contributed by atoms with Crippen LogP contribution < -0.4 is 15.4 Å². The molecule has 2 amide bonds. The number of nitrogens with two attached hydrogens (primary N) is 1. The van der Waals surface area contributed by atoms with Crippen LogP contribution in [0.1, 0.15) is 69.1 Å². The van der Waals surface area contributed by atoms with Crippen LogP contribution >= 0.6 is 0 Å². The third-order valence-electron chi connectivity index (χ3n) is 7.87. The van der Waals surface area contributed by atoms with Crippen molar-refractivity contribution in [2.75, 3.05) is 32.2 Å². The van der Waals surface area contributed by atoms with Gasteiger partial charge in [0.05, 0.1) is 19.3 Å². The van der Waals surface area contributed by atoms with E-state index in [1.54, 1.807) is 24.0 Å². The summed E-state index contributed by atoms with van der Waals surface area (Å²) in [5.74, 6) is 0.289. The second kappa shape index (κ2) is 10.9. The number of fused-ring (bicyclic) bond motifs is 1. The molecular formula is C30H41N3O5. The molecule has 206 valence electrons. The van der Waals surface area contributed by atoms with Gasteiger partial charge in [-0.15, -0.1) is 0 Å². The van der Waals surface area contributed by atoms with E-state index in [0.717, 1.165) is 35.2 Å². The lowest BCUT2D eigenvalue weighted by Gasteiger charge is -2.52. The lowest BCUT2D eigenvalue weighted by Crippen LogP contribution is -2.63. The van der Waals surface area contributed by atoms with Gasteiger partial charge in [0, 0.05) is 43.2 Å².